The maximum absolute atomic E-state index is 13.2. The SMILES string of the molecule is Cc1cc(C)cc(C(=O)N2C[C@H](C(=O)NCC3CCOCC3)[C@@H]3OCC[C@H]32)c1. The molecular weight excluding hydrogens is 356 g/mol. The van der Waals surface area contributed by atoms with Crippen molar-refractivity contribution in [2.24, 2.45) is 11.8 Å². The predicted octanol–water partition coefficient (Wildman–Crippen LogP) is 2.08. The number of nitrogens with one attached hydrogen (secondary N) is 1. The molecule has 0 unspecified atom stereocenters. The number of hydrogen-bond donors (Lipinski definition) is 1. The zero-order valence-electron chi connectivity index (χ0n) is 16.8. The topological polar surface area (TPSA) is 67.9 Å². The summed E-state index contributed by atoms with van der Waals surface area (Å²) in [4.78, 5) is 27.9. The molecule has 3 saturated heterocycles. The molecule has 0 radical (unpaired) electrons. The Kier molecular flexibility index (Phi) is 5.69. The van der Waals surface area contributed by atoms with Crippen molar-refractivity contribution in [1.29, 1.82) is 0 Å². The lowest BCUT2D eigenvalue weighted by Crippen LogP contribution is -2.40. The second-order valence-corrected chi connectivity index (χ2v) is 8.43. The lowest BCUT2D eigenvalue weighted by molar-refractivity contribution is -0.128. The summed E-state index contributed by atoms with van der Waals surface area (Å²) < 4.78 is 11.3. The smallest absolute Gasteiger partial charge is 0.254 e. The van der Waals surface area contributed by atoms with E-state index in [0.29, 0.717) is 31.2 Å². The third-order valence-electron chi connectivity index (χ3n) is 6.27. The average Bonchev–Trinajstić information content (AvgIpc) is 3.28. The summed E-state index contributed by atoms with van der Waals surface area (Å²) in [6, 6.07) is 5.92. The number of carbonyl (C=O) groups is 2. The Bertz CT molecular complexity index is 724. The van der Waals surface area contributed by atoms with Crippen LogP contribution >= 0.6 is 0 Å². The van der Waals surface area contributed by atoms with Crippen LogP contribution in [0.25, 0.3) is 0 Å². The molecule has 0 saturated carbocycles. The third-order valence-corrected chi connectivity index (χ3v) is 6.27. The van der Waals surface area contributed by atoms with Crippen molar-refractivity contribution in [3.63, 3.8) is 0 Å². The van der Waals surface area contributed by atoms with Gasteiger partial charge in [0.05, 0.1) is 18.1 Å². The van der Waals surface area contributed by atoms with Crippen LogP contribution in [0, 0.1) is 25.7 Å². The molecule has 3 aliphatic rings. The maximum Gasteiger partial charge on any atom is 0.254 e. The first-order valence-corrected chi connectivity index (χ1v) is 10.4. The van der Waals surface area contributed by atoms with Crippen LogP contribution in [0.1, 0.15) is 40.7 Å². The fourth-order valence-electron chi connectivity index (χ4n) is 4.83. The monoisotopic (exact) mass is 386 g/mol. The van der Waals surface area contributed by atoms with E-state index in [-0.39, 0.29) is 29.9 Å². The highest BCUT2D eigenvalue weighted by molar-refractivity contribution is 5.96. The van der Waals surface area contributed by atoms with Crippen molar-refractivity contribution in [2.45, 2.75) is 45.3 Å². The number of amides is 2. The van der Waals surface area contributed by atoms with Gasteiger partial charge in [0.2, 0.25) is 5.91 Å². The van der Waals surface area contributed by atoms with Crippen molar-refractivity contribution >= 4 is 11.8 Å². The van der Waals surface area contributed by atoms with E-state index in [9.17, 15) is 9.59 Å². The van der Waals surface area contributed by atoms with Crippen LogP contribution < -0.4 is 5.32 Å². The van der Waals surface area contributed by atoms with E-state index >= 15 is 0 Å². The quantitative estimate of drug-likeness (QED) is 0.860. The number of likely N-dealkylation sites (tertiary alicyclic amines) is 1. The zero-order valence-corrected chi connectivity index (χ0v) is 16.8. The summed E-state index contributed by atoms with van der Waals surface area (Å²) in [5, 5.41) is 3.11. The number of aryl methyl sites for hydroxylation is 2. The molecular formula is C22H30N2O4. The van der Waals surface area contributed by atoms with Gasteiger partial charge in [0.15, 0.2) is 0 Å². The van der Waals surface area contributed by atoms with E-state index in [1.54, 1.807) is 0 Å². The summed E-state index contributed by atoms with van der Waals surface area (Å²) >= 11 is 0. The molecule has 6 heteroatoms. The third kappa shape index (κ3) is 3.94. The Morgan fingerprint density at radius 1 is 1.07 bits per heavy atom. The molecule has 3 heterocycles. The van der Waals surface area contributed by atoms with Crippen LogP contribution in [0.5, 0.6) is 0 Å². The van der Waals surface area contributed by atoms with Crippen molar-refractivity contribution < 1.29 is 19.1 Å². The lowest BCUT2D eigenvalue weighted by Gasteiger charge is -2.23. The zero-order chi connectivity index (χ0) is 19.7. The minimum atomic E-state index is -0.290. The first-order chi connectivity index (χ1) is 13.5. The van der Waals surface area contributed by atoms with E-state index in [4.69, 9.17) is 9.47 Å². The number of carbonyl (C=O) groups excluding carboxylic acids is 2. The van der Waals surface area contributed by atoms with Crippen LogP contribution in [-0.4, -0.2) is 61.8 Å². The van der Waals surface area contributed by atoms with Gasteiger partial charge in [0, 0.05) is 38.5 Å². The van der Waals surface area contributed by atoms with Gasteiger partial charge in [-0.2, -0.15) is 0 Å². The van der Waals surface area contributed by atoms with Gasteiger partial charge in [-0.15, -0.1) is 0 Å². The molecule has 3 atom stereocenters. The average molecular weight is 386 g/mol. The van der Waals surface area contributed by atoms with E-state index in [1.807, 2.05) is 30.9 Å². The summed E-state index contributed by atoms with van der Waals surface area (Å²) in [6.07, 6.45) is 2.59. The second kappa shape index (κ2) is 8.21. The Morgan fingerprint density at radius 2 is 1.79 bits per heavy atom. The van der Waals surface area contributed by atoms with Crippen molar-refractivity contribution in [1.82, 2.24) is 10.2 Å². The summed E-state index contributed by atoms with van der Waals surface area (Å²) in [7, 11) is 0. The van der Waals surface area contributed by atoms with Crippen LogP contribution in [0.15, 0.2) is 18.2 Å². The highest BCUT2D eigenvalue weighted by Gasteiger charge is 2.50. The van der Waals surface area contributed by atoms with Crippen LogP contribution in [-0.2, 0) is 14.3 Å². The molecule has 0 aromatic heterocycles. The van der Waals surface area contributed by atoms with E-state index in [1.165, 1.54) is 0 Å². The molecule has 1 N–H and O–H groups in total. The maximum atomic E-state index is 13.2. The minimum absolute atomic E-state index is 0.00651. The van der Waals surface area contributed by atoms with E-state index < -0.39 is 0 Å². The number of benzene rings is 1. The van der Waals surface area contributed by atoms with Crippen molar-refractivity contribution in [3.05, 3.63) is 34.9 Å². The standard InChI is InChI=1S/C22H30N2O4/c1-14-9-15(2)11-17(10-14)22(26)24-13-18(20-19(24)5-8-28-20)21(25)23-12-16-3-6-27-7-4-16/h9-11,16,18-20H,3-8,12-13H2,1-2H3,(H,23,25)/t18-,19+,20-/m0/s1. The van der Waals surface area contributed by atoms with Gasteiger partial charge < -0.3 is 19.7 Å². The number of ether oxygens (including phenoxy) is 2. The Hall–Kier alpha value is -1.92. The normalized spacial score (nSPS) is 27.6. The fraction of sp³-hybridized carbons (Fsp3) is 0.636. The summed E-state index contributed by atoms with van der Waals surface area (Å²) in [5.41, 5.74) is 2.85. The molecule has 1 aromatic carbocycles. The van der Waals surface area contributed by atoms with Gasteiger partial charge in [-0.1, -0.05) is 17.2 Å². The molecule has 0 aliphatic carbocycles. The molecule has 0 spiro atoms. The first kappa shape index (κ1) is 19.4. The second-order valence-electron chi connectivity index (χ2n) is 8.43. The predicted molar refractivity (Wildman–Crippen MR) is 105 cm³/mol. The summed E-state index contributed by atoms with van der Waals surface area (Å²) in [5.74, 6) is 0.209. The van der Waals surface area contributed by atoms with Crippen LogP contribution in [0.3, 0.4) is 0 Å². The van der Waals surface area contributed by atoms with Gasteiger partial charge in [-0.3, -0.25) is 9.59 Å². The van der Waals surface area contributed by atoms with Crippen LogP contribution in [0.4, 0.5) is 0 Å². The van der Waals surface area contributed by atoms with Gasteiger partial charge in [-0.25, -0.2) is 0 Å². The highest BCUT2D eigenvalue weighted by Crippen LogP contribution is 2.35. The number of hydrogen-bond acceptors (Lipinski definition) is 4. The molecule has 3 aliphatic heterocycles. The Morgan fingerprint density at radius 3 is 2.50 bits per heavy atom. The first-order valence-electron chi connectivity index (χ1n) is 10.4. The number of rotatable bonds is 4. The number of nitrogens with zero attached hydrogens (tertiary/aromatic N) is 1. The minimum Gasteiger partial charge on any atom is -0.381 e. The van der Waals surface area contributed by atoms with Gasteiger partial charge in [0.1, 0.15) is 0 Å². The molecule has 6 nitrogen and oxygen atoms in total. The summed E-state index contributed by atoms with van der Waals surface area (Å²) in [6.45, 7) is 7.27. The van der Waals surface area contributed by atoms with Crippen molar-refractivity contribution in [2.75, 3.05) is 32.9 Å². The van der Waals surface area contributed by atoms with Gasteiger partial charge >= 0.3 is 0 Å². The fourth-order valence-corrected chi connectivity index (χ4v) is 4.83. The number of fused-ring (bicyclic) bond motifs is 1. The Balaban J connectivity index is 1.44. The van der Waals surface area contributed by atoms with Gasteiger partial charge in [-0.05, 0) is 51.2 Å². The molecule has 28 heavy (non-hydrogen) atoms. The van der Waals surface area contributed by atoms with E-state index in [0.717, 1.165) is 43.6 Å². The molecule has 4 rings (SSSR count). The van der Waals surface area contributed by atoms with E-state index in [2.05, 4.69) is 11.4 Å². The molecule has 1 aromatic rings. The molecule has 3 fully saturated rings. The van der Waals surface area contributed by atoms with Crippen molar-refractivity contribution in [3.8, 4) is 0 Å². The molecule has 2 amide bonds. The lowest BCUT2D eigenvalue weighted by atomic mass is 9.98. The largest absolute Gasteiger partial charge is 0.381 e. The molecule has 152 valence electrons. The molecule has 0 bridgehead atoms. The van der Waals surface area contributed by atoms with Gasteiger partial charge in [0.25, 0.3) is 5.91 Å². The van der Waals surface area contributed by atoms with Crippen LogP contribution in [0.2, 0.25) is 0 Å². The Labute approximate surface area is 166 Å². The highest BCUT2D eigenvalue weighted by atomic mass is 16.5.